The molecular weight excluding hydrogens is 482 g/mol. The number of thiazole rings is 1. The number of sulfone groups is 1. The van der Waals surface area contributed by atoms with Crippen LogP contribution in [0.5, 0.6) is 0 Å². The fraction of sp³-hybridized carbons (Fsp3) is 0.261. The van der Waals surface area contributed by atoms with Crippen molar-refractivity contribution < 1.29 is 18.0 Å². The molecule has 0 spiro atoms. The first-order valence-corrected chi connectivity index (χ1v) is 13.3. The number of aryl methyl sites for hydroxylation is 1. The average Bonchev–Trinajstić information content (AvgIpc) is 3.12. The molecule has 4 rings (SSSR count). The van der Waals surface area contributed by atoms with Gasteiger partial charge in [0.15, 0.2) is 15.0 Å². The highest BCUT2D eigenvalue weighted by atomic mass is 35.5. The molecule has 2 amide bonds. The number of carbonyl (C=O) groups is 2. The van der Waals surface area contributed by atoms with E-state index in [2.05, 4.69) is 10.3 Å². The zero-order chi connectivity index (χ0) is 23.6. The van der Waals surface area contributed by atoms with E-state index in [4.69, 9.17) is 11.6 Å². The number of rotatable bonds is 6. The molecule has 0 atom stereocenters. The van der Waals surface area contributed by atoms with Crippen molar-refractivity contribution in [2.24, 2.45) is 0 Å². The van der Waals surface area contributed by atoms with Gasteiger partial charge in [0.25, 0.3) is 5.91 Å². The van der Waals surface area contributed by atoms with Crippen LogP contribution in [0, 0.1) is 0 Å². The summed E-state index contributed by atoms with van der Waals surface area (Å²) >= 11 is 7.25. The molecule has 0 fully saturated rings. The van der Waals surface area contributed by atoms with Crippen LogP contribution in [0.1, 0.15) is 34.3 Å². The van der Waals surface area contributed by atoms with E-state index in [0.29, 0.717) is 39.3 Å². The summed E-state index contributed by atoms with van der Waals surface area (Å²) < 4.78 is 23.9. The third-order valence-electron chi connectivity index (χ3n) is 5.33. The van der Waals surface area contributed by atoms with Crippen molar-refractivity contribution in [1.82, 2.24) is 4.98 Å². The molecule has 0 bridgehead atoms. The molecule has 2 aromatic carbocycles. The molecule has 0 saturated heterocycles. The molecule has 0 unspecified atom stereocenters. The van der Waals surface area contributed by atoms with Crippen molar-refractivity contribution >= 4 is 55.4 Å². The first-order chi connectivity index (χ1) is 15.8. The van der Waals surface area contributed by atoms with E-state index in [1.54, 1.807) is 42.2 Å². The van der Waals surface area contributed by atoms with Crippen LogP contribution in [0.4, 0.5) is 10.8 Å². The molecule has 33 heavy (non-hydrogen) atoms. The van der Waals surface area contributed by atoms with Gasteiger partial charge >= 0.3 is 0 Å². The highest BCUT2D eigenvalue weighted by Gasteiger charge is 2.28. The number of amides is 2. The molecule has 172 valence electrons. The molecule has 1 aliphatic heterocycles. The number of halogens is 1. The van der Waals surface area contributed by atoms with Gasteiger partial charge in [-0.2, -0.15) is 0 Å². The minimum absolute atomic E-state index is 0.0228. The van der Waals surface area contributed by atoms with Gasteiger partial charge in [0, 0.05) is 17.3 Å². The summed E-state index contributed by atoms with van der Waals surface area (Å²) in [7, 11) is -3.28. The van der Waals surface area contributed by atoms with E-state index in [1.807, 2.05) is 6.07 Å². The fourth-order valence-electron chi connectivity index (χ4n) is 3.59. The number of fused-ring (bicyclic) bond motifs is 1. The van der Waals surface area contributed by atoms with E-state index in [1.165, 1.54) is 12.1 Å². The van der Waals surface area contributed by atoms with Crippen LogP contribution in [0.25, 0.3) is 0 Å². The van der Waals surface area contributed by atoms with Gasteiger partial charge in [0.05, 0.1) is 22.8 Å². The highest BCUT2D eigenvalue weighted by molar-refractivity contribution is 7.91. The molecule has 7 nitrogen and oxygen atoms in total. The zero-order valence-electron chi connectivity index (χ0n) is 17.9. The Bertz CT molecular complexity index is 1300. The van der Waals surface area contributed by atoms with E-state index in [0.717, 1.165) is 23.4 Å². The van der Waals surface area contributed by atoms with Crippen molar-refractivity contribution in [1.29, 1.82) is 0 Å². The topological polar surface area (TPSA) is 96.4 Å². The van der Waals surface area contributed by atoms with Gasteiger partial charge in [0.2, 0.25) is 5.91 Å². The number of anilines is 2. The van der Waals surface area contributed by atoms with E-state index >= 15 is 0 Å². The normalized spacial score (nSPS) is 14.0. The molecule has 0 radical (unpaired) electrons. The monoisotopic (exact) mass is 503 g/mol. The highest BCUT2D eigenvalue weighted by Crippen LogP contribution is 2.31. The third-order valence-corrected chi connectivity index (χ3v) is 8.31. The van der Waals surface area contributed by atoms with Crippen LogP contribution in [0.3, 0.4) is 0 Å². The maximum atomic E-state index is 13.2. The smallest absolute Gasteiger partial charge is 0.270 e. The average molecular weight is 504 g/mol. The number of hydrogen-bond acceptors (Lipinski definition) is 6. The summed E-state index contributed by atoms with van der Waals surface area (Å²) in [5, 5.41) is 3.70. The summed E-state index contributed by atoms with van der Waals surface area (Å²) in [4.78, 5) is 32.6. The Balaban J connectivity index is 1.46. The van der Waals surface area contributed by atoms with Crippen LogP contribution in [0.2, 0.25) is 5.02 Å². The second kappa shape index (κ2) is 9.62. The lowest BCUT2D eigenvalue weighted by atomic mass is 10.1. The zero-order valence-corrected chi connectivity index (χ0v) is 20.3. The third kappa shape index (κ3) is 5.26. The number of hydrogen-bond donors (Lipinski definition) is 1. The van der Waals surface area contributed by atoms with Crippen molar-refractivity contribution in [3.8, 4) is 0 Å². The molecule has 3 aromatic rings. The molecule has 0 aliphatic carbocycles. The van der Waals surface area contributed by atoms with Crippen molar-refractivity contribution in [3.63, 3.8) is 0 Å². The predicted octanol–water partition coefficient (Wildman–Crippen LogP) is 4.36. The second-order valence-corrected chi connectivity index (χ2v) is 11.3. The lowest BCUT2D eigenvalue weighted by molar-refractivity contribution is -0.115. The Kier molecular flexibility index (Phi) is 6.83. The van der Waals surface area contributed by atoms with E-state index < -0.39 is 9.84 Å². The summed E-state index contributed by atoms with van der Waals surface area (Å²) in [6, 6.07) is 13.4. The van der Waals surface area contributed by atoms with Gasteiger partial charge in [-0.1, -0.05) is 48.1 Å². The first-order valence-electron chi connectivity index (χ1n) is 10.5. The molecule has 1 aliphatic rings. The number of nitrogens with zero attached hydrogens (tertiary/aromatic N) is 2. The van der Waals surface area contributed by atoms with Gasteiger partial charge < -0.3 is 10.2 Å². The Morgan fingerprint density at radius 2 is 1.97 bits per heavy atom. The summed E-state index contributed by atoms with van der Waals surface area (Å²) in [5.41, 5.74) is 2.09. The Hall–Kier alpha value is -2.75. The fourth-order valence-corrected chi connectivity index (χ4v) is 5.64. The predicted molar refractivity (Wildman–Crippen MR) is 130 cm³/mol. The SMILES string of the molecule is CCS(=O)(=O)c1ccc(CC(=O)Nc2nc3c(s2)C(=O)N(c2cccc(Cl)c2)CCC3)cc1. The van der Waals surface area contributed by atoms with Crippen molar-refractivity contribution in [2.45, 2.75) is 31.1 Å². The summed E-state index contributed by atoms with van der Waals surface area (Å²) in [6.07, 6.45) is 1.45. The van der Waals surface area contributed by atoms with Crippen LogP contribution >= 0.6 is 22.9 Å². The molecule has 1 N–H and O–H groups in total. The number of carbonyl (C=O) groups excluding carboxylic acids is 2. The number of aromatic nitrogens is 1. The molecule has 0 saturated carbocycles. The van der Waals surface area contributed by atoms with Gasteiger partial charge in [-0.3, -0.25) is 9.59 Å². The summed E-state index contributed by atoms with van der Waals surface area (Å²) in [5.74, 6) is -0.422. The van der Waals surface area contributed by atoms with E-state index in [9.17, 15) is 18.0 Å². The lowest BCUT2D eigenvalue weighted by Gasteiger charge is -2.20. The van der Waals surface area contributed by atoms with Crippen LogP contribution in [-0.2, 0) is 27.5 Å². The minimum atomic E-state index is -3.28. The number of nitrogens with one attached hydrogen (secondary N) is 1. The molecular formula is C23H22ClN3O4S2. The van der Waals surface area contributed by atoms with Gasteiger partial charge in [-0.05, 0) is 48.7 Å². The largest absolute Gasteiger partial charge is 0.308 e. The Morgan fingerprint density at radius 1 is 1.21 bits per heavy atom. The van der Waals surface area contributed by atoms with Crippen molar-refractivity contribution in [2.75, 3.05) is 22.5 Å². The van der Waals surface area contributed by atoms with Gasteiger partial charge in [-0.15, -0.1) is 0 Å². The second-order valence-electron chi connectivity index (χ2n) is 7.61. The van der Waals surface area contributed by atoms with Gasteiger partial charge in [0.1, 0.15) is 4.88 Å². The molecule has 10 heteroatoms. The van der Waals surface area contributed by atoms with Crippen molar-refractivity contribution in [3.05, 3.63) is 69.7 Å². The first kappa shape index (κ1) is 23.4. The maximum Gasteiger partial charge on any atom is 0.270 e. The number of benzene rings is 2. The van der Waals surface area contributed by atoms with E-state index in [-0.39, 0.29) is 28.9 Å². The maximum absolute atomic E-state index is 13.2. The van der Waals surface area contributed by atoms with Gasteiger partial charge in [-0.25, -0.2) is 13.4 Å². The Morgan fingerprint density at radius 3 is 2.67 bits per heavy atom. The van der Waals surface area contributed by atoms with Crippen LogP contribution in [-0.4, -0.2) is 37.5 Å². The standard InChI is InChI=1S/C23H22ClN3O4S2/c1-2-33(30,31)18-10-8-15(9-11-18)13-20(28)26-23-25-19-7-4-12-27(22(29)21(19)32-23)17-6-3-5-16(24)14-17/h3,5-6,8-11,14H,2,4,7,12-13H2,1H3,(H,25,26,28). The lowest BCUT2D eigenvalue weighted by Crippen LogP contribution is -2.30. The quantitative estimate of drug-likeness (QED) is 0.539. The summed E-state index contributed by atoms with van der Waals surface area (Å²) in [6.45, 7) is 2.15. The molecule has 2 heterocycles. The van der Waals surface area contributed by atoms with Crippen LogP contribution < -0.4 is 10.2 Å². The molecule has 1 aromatic heterocycles. The Labute approximate surface area is 201 Å². The minimum Gasteiger partial charge on any atom is -0.308 e. The van der Waals surface area contributed by atoms with Crippen LogP contribution in [0.15, 0.2) is 53.4 Å².